The van der Waals surface area contributed by atoms with E-state index in [1.165, 1.54) is 6.42 Å². The third-order valence-electron chi connectivity index (χ3n) is 3.70. The lowest BCUT2D eigenvalue weighted by molar-refractivity contribution is 0.116. The van der Waals surface area contributed by atoms with Crippen molar-refractivity contribution in [1.82, 2.24) is 9.97 Å². The van der Waals surface area contributed by atoms with Crippen LogP contribution in [0.5, 0.6) is 0 Å². The Bertz CT molecular complexity index is 444. The highest BCUT2D eigenvalue weighted by atomic mass is 16.5. The molecule has 1 aliphatic heterocycles. The molecule has 1 unspecified atom stereocenters. The monoisotopic (exact) mass is 292 g/mol. The fourth-order valence-corrected chi connectivity index (χ4v) is 2.44. The molecule has 1 atom stereocenters. The molecule has 0 aliphatic carbocycles. The predicted molar refractivity (Wildman–Crippen MR) is 87.1 cm³/mol. The zero-order valence-corrected chi connectivity index (χ0v) is 13.7. The number of hydrogen-bond donors (Lipinski definition) is 1. The molecule has 0 bridgehead atoms. The molecule has 0 saturated carbocycles. The van der Waals surface area contributed by atoms with Crippen molar-refractivity contribution in [1.29, 1.82) is 0 Å². The van der Waals surface area contributed by atoms with Crippen LogP contribution in [0.3, 0.4) is 0 Å². The first-order valence-corrected chi connectivity index (χ1v) is 8.05. The maximum Gasteiger partial charge on any atom is 0.135 e. The van der Waals surface area contributed by atoms with Gasteiger partial charge in [0.15, 0.2) is 0 Å². The molecule has 5 nitrogen and oxygen atoms in total. The number of nitrogens with zero attached hydrogens (tertiary/aromatic N) is 3. The number of rotatable bonds is 7. The Morgan fingerprint density at radius 1 is 1.43 bits per heavy atom. The van der Waals surface area contributed by atoms with Crippen LogP contribution in [0.25, 0.3) is 0 Å². The molecular formula is C16H28N4O. The Hall–Kier alpha value is -1.36. The highest BCUT2D eigenvalue weighted by Gasteiger charge is 2.19. The lowest BCUT2D eigenvalue weighted by Crippen LogP contribution is -2.29. The minimum atomic E-state index is 0.322. The maximum absolute atomic E-state index is 5.72. The molecule has 1 aromatic heterocycles. The fraction of sp³-hybridized carbons (Fsp3) is 0.750. The SMILES string of the molecule is CCCNc1cc(N(C)CC2CCCO2)nc(C(C)C)n1. The van der Waals surface area contributed by atoms with Crippen molar-refractivity contribution in [3.8, 4) is 0 Å². The van der Waals surface area contributed by atoms with Gasteiger partial charge in [-0.05, 0) is 19.3 Å². The number of aromatic nitrogens is 2. The summed E-state index contributed by atoms with van der Waals surface area (Å²) in [6.45, 7) is 9.13. The van der Waals surface area contributed by atoms with Crippen molar-refractivity contribution in [3.63, 3.8) is 0 Å². The van der Waals surface area contributed by atoms with Gasteiger partial charge in [-0.3, -0.25) is 0 Å². The Balaban J connectivity index is 2.13. The van der Waals surface area contributed by atoms with Gasteiger partial charge in [-0.25, -0.2) is 9.97 Å². The summed E-state index contributed by atoms with van der Waals surface area (Å²) >= 11 is 0. The zero-order chi connectivity index (χ0) is 15.2. The van der Waals surface area contributed by atoms with Crippen LogP contribution in [0.4, 0.5) is 11.6 Å². The summed E-state index contributed by atoms with van der Waals surface area (Å²) in [7, 11) is 2.08. The molecule has 0 amide bonds. The molecule has 1 fully saturated rings. The largest absolute Gasteiger partial charge is 0.376 e. The van der Waals surface area contributed by atoms with E-state index >= 15 is 0 Å². The van der Waals surface area contributed by atoms with E-state index in [-0.39, 0.29) is 0 Å². The third kappa shape index (κ3) is 4.56. The van der Waals surface area contributed by atoms with Gasteiger partial charge in [-0.2, -0.15) is 0 Å². The summed E-state index contributed by atoms with van der Waals surface area (Å²) in [6.07, 6.45) is 3.73. The van der Waals surface area contributed by atoms with E-state index in [1.807, 2.05) is 6.07 Å². The van der Waals surface area contributed by atoms with E-state index in [0.717, 1.165) is 50.0 Å². The first kappa shape index (κ1) is 16.0. The second-order valence-corrected chi connectivity index (χ2v) is 6.07. The summed E-state index contributed by atoms with van der Waals surface area (Å²) in [4.78, 5) is 11.5. The van der Waals surface area contributed by atoms with Crippen molar-refractivity contribution in [2.24, 2.45) is 0 Å². The molecule has 0 aromatic carbocycles. The van der Waals surface area contributed by atoms with Crippen molar-refractivity contribution in [3.05, 3.63) is 11.9 Å². The van der Waals surface area contributed by atoms with Crippen molar-refractivity contribution in [2.45, 2.75) is 52.1 Å². The lowest BCUT2D eigenvalue weighted by Gasteiger charge is -2.23. The van der Waals surface area contributed by atoms with Crippen LogP contribution in [0.2, 0.25) is 0 Å². The van der Waals surface area contributed by atoms with Gasteiger partial charge in [-0.15, -0.1) is 0 Å². The average Bonchev–Trinajstić information content (AvgIpc) is 2.97. The summed E-state index contributed by atoms with van der Waals surface area (Å²) < 4.78 is 5.72. The molecule has 1 aromatic rings. The normalized spacial score (nSPS) is 18.2. The minimum absolute atomic E-state index is 0.322. The van der Waals surface area contributed by atoms with Gasteiger partial charge in [-0.1, -0.05) is 20.8 Å². The average molecular weight is 292 g/mol. The topological polar surface area (TPSA) is 50.3 Å². The minimum Gasteiger partial charge on any atom is -0.376 e. The van der Waals surface area contributed by atoms with Crippen LogP contribution in [-0.4, -0.2) is 42.8 Å². The second kappa shape index (κ2) is 7.59. The van der Waals surface area contributed by atoms with Crippen LogP contribution in [0.1, 0.15) is 51.8 Å². The molecule has 1 saturated heterocycles. The standard InChI is InChI=1S/C16H28N4O/c1-5-8-17-14-10-15(19-16(18-14)12(2)3)20(4)11-13-7-6-9-21-13/h10,12-13H,5-9,11H2,1-4H3,(H,17,18,19). The Morgan fingerprint density at radius 3 is 2.86 bits per heavy atom. The fourth-order valence-electron chi connectivity index (χ4n) is 2.44. The second-order valence-electron chi connectivity index (χ2n) is 6.07. The number of likely N-dealkylation sites (N-methyl/N-ethyl adjacent to an activating group) is 1. The van der Waals surface area contributed by atoms with Crippen LogP contribution in [0, 0.1) is 0 Å². The summed E-state index contributed by atoms with van der Waals surface area (Å²) in [5, 5.41) is 3.37. The zero-order valence-electron chi connectivity index (χ0n) is 13.7. The molecule has 5 heteroatoms. The molecule has 0 radical (unpaired) electrons. The van der Waals surface area contributed by atoms with Crippen LogP contribution >= 0.6 is 0 Å². The Morgan fingerprint density at radius 2 is 2.24 bits per heavy atom. The van der Waals surface area contributed by atoms with Gasteiger partial charge in [0.2, 0.25) is 0 Å². The van der Waals surface area contributed by atoms with Gasteiger partial charge in [0, 0.05) is 38.7 Å². The highest BCUT2D eigenvalue weighted by Crippen LogP contribution is 2.21. The Labute approximate surface area is 128 Å². The highest BCUT2D eigenvalue weighted by molar-refractivity contribution is 5.49. The van der Waals surface area contributed by atoms with Gasteiger partial charge in [0.25, 0.3) is 0 Å². The van der Waals surface area contributed by atoms with Crippen molar-refractivity contribution >= 4 is 11.6 Å². The summed E-state index contributed by atoms with van der Waals surface area (Å²) in [5.74, 6) is 3.11. The third-order valence-corrected chi connectivity index (χ3v) is 3.70. The van der Waals surface area contributed by atoms with Crippen LogP contribution in [-0.2, 0) is 4.74 Å². The van der Waals surface area contributed by atoms with E-state index in [2.05, 4.69) is 43.0 Å². The van der Waals surface area contributed by atoms with Crippen molar-refractivity contribution in [2.75, 3.05) is 37.0 Å². The molecule has 2 rings (SSSR count). The summed E-state index contributed by atoms with van der Waals surface area (Å²) in [6, 6.07) is 2.04. The number of nitrogens with one attached hydrogen (secondary N) is 1. The molecule has 1 N–H and O–H groups in total. The number of ether oxygens (including phenoxy) is 1. The summed E-state index contributed by atoms with van der Waals surface area (Å²) in [5.41, 5.74) is 0. The number of anilines is 2. The van der Waals surface area contributed by atoms with Gasteiger partial charge >= 0.3 is 0 Å². The first-order valence-electron chi connectivity index (χ1n) is 8.05. The van der Waals surface area contributed by atoms with E-state index < -0.39 is 0 Å². The van der Waals surface area contributed by atoms with Gasteiger partial charge < -0.3 is 15.0 Å². The predicted octanol–water partition coefficient (Wildman–Crippen LogP) is 3.04. The molecule has 2 heterocycles. The van der Waals surface area contributed by atoms with Gasteiger partial charge in [0.05, 0.1) is 6.10 Å². The quantitative estimate of drug-likeness (QED) is 0.837. The van der Waals surface area contributed by atoms with E-state index in [9.17, 15) is 0 Å². The molecule has 1 aliphatic rings. The molecule has 0 spiro atoms. The van der Waals surface area contributed by atoms with E-state index in [0.29, 0.717) is 12.0 Å². The maximum atomic E-state index is 5.72. The van der Waals surface area contributed by atoms with E-state index in [4.69, 9.17) is 9.72 Å². The van der Waals surface area contributed by atoms with Crippen LogP contribution in [0.15, 0.2) is 6.07 Å². The first-order chi connectivity index (χ1) is 10.1. The smallest absolute Gasteiger partial charge is 0.135 e. The van der Waals surface area contributed by atoms with Gasteiger partial charge in [0.1, 0.15) is 17.5 Å². The number of hydrogen-bond acceptors (Lipinski definition) is 5. The van der Waals surface area contributed by atoms with Crippen LogP contribution < -0.4 is 10.2 Å². The van der Waals surface area contributed by atoms with Crippen molar-refractivity contribution < 1.29 is 4.74 Å². The molecule has 118 valence electrons. The molecular weight excluding hydrogens is 264 g/mol. The van der Waals surface area contributed by atoms with E-state index in [1.54, 1.807) is 0 Å². The lowest BCUT2D eigenvalue weighted by atomic mass is 10.2. The molecule has 21 heavy (non-hydrogen) atoms. The Kier molecular flexibility index (Phi) is 5.79.